The molecule has 0 heterocycles. The normalized spacial score (nSPS) is 17.7. The van der Waals surface area contributed by atoms with Crippen molar-refractivity contribution in [1.29, 1.82) is 0 Å². The molecule has 4 heteroatoms. The van der Waals surface area contributed by atoms with Crippen LogP contribution in [0.15, 0.2) is 30.3 Å². The Bertz CT molecular complexity index is 427. The molecule has 1 saturated carbocycles. The lowest BCUT2D eigenvalue weighted by Gasteiger charge is -2.17. The second-order valence-corrected chi connectivity index (χ2v) is 6.21. The maximum Gasteiger partial charge on any atom is 0.221 e. The number of amides is 1. The standard InChI is InChI=1S/C18H29N3O/c19-17(15-8-4-3-5-9-15)14-18(22)21-13-12-20-16-10-6-1-2-7-11-16/h3-5,8-9,16-17,20H,1-2,6-7,10-14,19H2,(H,21,22). The van der Waals surface area contributed by atoms with Crippen LogP contribution in [0.2, 0.25) is 0 Å². The van der Waals surface area contributed by atoms with Gasteiger partial charge in [-0.2, -0.15) is 0 Å². The van der Waals surface area contributed by atoms with E-state index in [4.69, 9.17) is 5.73 Å². The van der Waals surface area contributed by atoms with Crippen LogP contribution in [-0.2, 0) is 4.79 Å². The molecule has 1 aromatic carbocycles. The van der Waals surface area contributed by atoms with Gasteiger partial charge in [-0.25, -0.2) is 0 Å². The van der Waals surface area contributed by atoms with Crippen LogP contribution in [0.4, 0.5) is 0 Å². The molecule has 0 saturated heterocycles. The first kappa shape index (κ1) is 17.0. The number of nitrogens with two attached hydrogens (primary N) is 1. The Morgan fingerprint density at radius 1 is 1.09 bits per heavy atom. The van der Waals surface area contributed by atoms with Crippen LogP contribution in [0.3, 0.4) is 0 Å². The molecule has 2 rings (SSSR count). The van der Waals surface area contributed by atoms with Crippen molar-refractivity contribution in [2.45, 2.75) is 57.0 Å². The maximum absolute atomic E-state index is 11.9. The van der Waals surface area contributed by atoms with Gasteiger partial charge in [-0.15, -0.1) is 0 Å². The fraction of sp³-hybridized carbons (Fsp3) is 0.611. The van der Waals surface area contributed by atoms with Gasteiger partial charge in [0.25, 0.3) is 0 Å². The molecule has 1 unspecified atom stereocenters. The monoisotopic (exact) mass is 303 g/mol. The van der Waals surface area contributed by atoms with Crippen molar-refractivity contribution in [3.05, 3.63) is 35.9 Å². The van der Waals surface area contributed by atoms with E-state index in [2.05, 4.69) is 10.6 Å². The SMILES string of the molecule is NC(CC(=O)NCCNC1CCCCCC1)c1ccccc1. The van der Waals surface area contributed by atoms with Gasteiger partial charge in [0, 0.05) is 31.6 Å². The van der Waals surface area contributed by atoms with Crippen LogP contribution in [-0.4, -0.2) is 25.0 Å². The maximum atomic E-state index is 11.9. The van der Waals surface area contributed by atoms with Crippen LogP contribution in [0.5, 0.6) is 0 Å². The smallest absolute Gasteiger partial charge is 0.221 e. The summed E-state index contributed by atoms with van der Waals surface area (Å²) >= 11 is 0. The van der Waals surface area contributed by atoms with Gasteiger partial charge in [0.05, 0.1) is 0 Å². The summed E-state index contributed by atoms with van der Waals surface area (Å²) in [6, 6.07) is 10.2. The number of carbonyl (C=O) groups excluding carboxylic acids is 1. The number of carbonyl (C=O) groups is 1. The molecule has 0 aliphatic heterocycles. The summed E-state index contributed by atoms with van der Waals surface area (Å²) in [4.78, 5) is 11.9. The molecule has 1 aliphatic rings. The Balaban J connectivity index is 1.59. The second kappa shape index (κ2) is 9.59. The molecule has 4 nitrogen and oxygen atoms in total. The van der Waals surface area contributed by atoms with Crippen LogP contribution < -0.4 is 16.4 Å². The summed E-state index contributed by atoms with van der Waals surface area (Å²) < 4.78 is 0. The van der Waals surface area contributed by atoms with Gasteiger partial charge in [-0.3, -0.25) is 4.79 Å². The molecule has 1 atom stereocenters. The molecule has 0 radical (unpaired) electrons. The molecular weight excluding hydrogens is 274 g/mol. The van der Waals surface area contributed by atoms with Crippen molar-refractivity contribution in [3.63, 3.8) is 0 Å². The Labute approximate surface area is 133 Å². The van der Waals surface area contributed by atoms with E-state index < -0.39 is 0 Å². The van der Waals surface area contributed by atoms with E-state index in [0.717, 1.165) is 12.1 Å². The summed E-state index contributed by atoms with van der Waals surface area (Å²) in [6.07, 6.45) is 8.28. The minimum Gasteiger partial charge on any atom is -0.355 e. The molecular formula is C18H29N3O. The lowest BCUT2D eigenvalue weighted by atomic mass is 10.0. The highest BCUT2D eigenvalue weighted by molar-refractivity contribution is 5.76. The Hall–Kier alpha value is -1.39. The van der Waals surface area contributed by atoms with Crippen molar-refractivity contribution < 1.29 is 4.79 Å². The minimum atomic E-state index is -0.226. The zero-order valence-corrected chi connectivity index (χ0v) is 13.4. The van der Waals surface area contributed by atoms with Crippen LogP contribution >= 0.6 is 0 Å². The molecule has 0 aromatic heterocycles. The number of benzene rings is 1. The van der Waals surface area contributed by atoms with E-state index in [1.54, 1.807) is 0 Å². The van der Waals surface area contributed by atoms with Crippen LogP contribution in [0.1, 0.15) is 56.6 Å². The highest BCUT2D eigenvalue weighted by atomic mass is 16.1. The quantitative estimate of drug-likeness (QED) is 0.535. The highest BCUT2D eigenvalue weighted by Crippen LogP contribution is 2.17. The molecule has 1 fully saturated rings. The zero-order chi connectivity index (χ0) is 15.6. The summed E-state index contributed by atoms with van der Waals surface area (Å²) in [6.45, 7) is 1.52. The average molecular weight is 303 g/mol. The molecule has 122 valence electrons. The van der Waals surface area contributed by atoms with Crippen molar-refractivity contribution in [3.8, 4) is 0 Å². The topological polar surface area (TPSA) is 67.2 Å². The van der Waals surface area contributed by atoms with Crippen molar-refractivity contribution in [2.24, 2.45) is 5.73 Å². The Kier molecular flexibility index (Phi) is 7.40. The Morgan fingerprint density at radius 3 is 2.45 bits per heavy atom. The Morgan fingerprint density at radius 2 is 1.77 bits per heavy atom. The first-order chi connectivity index (χ1) is 10.8. The van der Waals surface area contributed by atoms with Crippen molar-refractivity contribution in [2.75, 3.05) is 13.1 Å². The third-order valence-electron chi connectivity index (χ3n) is 4.37. The summed E-state index contributed by atoms with van der Waals surface area (Å²) in [5.41, 5.74) is 7.07. The second-order valence-electron chi connectivity index (χ2n) is 6.21. The predicted molar refractivity (Wildman–Crippen MR) is 90.5 cm³/mol. The number of hydrogen-bond acceptors (Lipinski definition) is 3. The fourth-order valence-corrected chi connectivity index (χ4v) is 3.05. The fourth-order valence-electron chi connectivity index (χ4n) is 3.05. The van der Waals surface area contributed by atoms with Gasteiger partial charge < -0.3 is 16.4 Å². The predicted octanol–water partition coefficient (Wildman–Crippen LogP) is 2.51. The summed E-state index contributed by atoms with van der Waals surface area (Å²) in [5, 5.41) is 6.51. The molecule has 0 spiro atoms. The molecule has 4 N–H and O–H groups in total. The van der Waals surface area contributed by atoms with Gasteiger partial charge in [-0.05, 0) is 18.4 Å². The molecule has 22 heavy (non-hydrogen) atoms. The zero-order valence-electron chi connectivity index (χ0n) is 13.4. The van der Waals surface area contributed by atoms with Crippen molar-refractivity contribution in [1.82, 2.24) is 10.6 Å². The van der Waals surface area contributed by atoms with Gasteiger partial charge >= 0.3 is 0 Å². The van der Waals surface area contributed by atoms with E-state index in [1.807, 2.05) is 30.3 Å². The van der Waals surface area contributed by atoms with Crippen LogP contribution in [0.25, 0.3) is 0 Å². The van der Waals surface area contributed by atoms with E-state index >= 15 is 0 Å². The third-order valence-corrected chi connectivity index (χ3v) is 4.37. The first-order valence-electron chi connectivity index (χ1n) is 8.56. The lowest BCUT2D eigenvalue weighted by molar-refractivity contribution is -0.121. The van der Waals surface area contributed by atoms with E-state index in [0.29, 0.717) is 19.0 Å². The molecule has 1 aromatic rings. The van der Waals surface area contributed by atoms with Gasteiger partial charge in [-0.1, -0.05) is 56.0 Å². The minimum absolute atomic E-state index is 0.0269. The lowest BCUT2D eigenvalue weighted by Crippen LogP contribution is -2.37. The summed E-state index contributed by atoms with van der Waals surface area (Å²) in [5.74, 6) is 0.0269. The number of hydrogen-bond donors (Lipinski definition) is 3. The van der Waals surface area contributed by atoms with Crippen molar-refractivity contribution >= 4 is 5.91 Å². The van der Waals surface area contributed by atoms with Crippen LogP contribution in [0, 0.1) is 0 Å². The number of rotatable bonds is 7. The van der Waals surface area contributed by atoms with Gasteiger partial charge in [0.15, 0.2) is 0 Å². The third kappa shape index (κ3) is 6.16. The molecule has 1 aliphatic carbocycles. The van der Waals surface area contributed by atoms with Gasteiger partial charge in [0.1, 0.15) is 0 Å². The highest BCUT2D eigenvalue weighted by Gasteiger charge is 2.12. The number of nitrogens with one attached hydrogen (secondary N) is 2. The van der Waals surface area contributed by atoms with E-state index in [1.165, 1.54) is 38.5 Å². The molecule has 1 amide bonds. The van der Waals surface area contributed by atoms with E-state index in [-0.39, 0.29) is 11.9 Å². The largest absolute Gasteiger partial charge is 0.355 e. The summed E-state index contributed by atoms with van der Waals surface area (Å²) in [7, 11) is 0. The molecule has 0 bridgehead atoms. The van der Waals surface area contributed by atoms with Gasteiger partial charge in [0.2, 0.25) is 5.91 Å². The average Bonchev–Trinajstić information content (AvgIpc) is 2.81. The first-order valence-corrected chi connectivity index (χ1v) is 8.56. The van der Waals surface area contributed by atoms with E-state index in [9.17, 15) is 4.79 Å².